The molecule has 0 unspecified atom stereocenters. The van der Waals surface area contributed by atoms with Crippen LogP contribution in [0.5, 0.6) is 5.75 Å². The Bertz CT molecular complexity index is 1120. The topological polar surface area (TPSA) is 105 Å². The zero-order valence-corrected chi connectivity index (χ0v) is 17.4. The molecule has 3 aromatic rings. The third kappa shape index (κ3) is 6.10. The zero-order chi connectivity index (χ0) is 22.2. The highest BCUT2D eigenvalue weighted by Gasteiger charge is 2.16. The molecule has 0 heterocycles. The molecule has 0 fully saturated rings. The maximum Gasteiger partial charge on any atom is 0.336 e. The minimum atomic E-state index is -1.17. The number of hydrogen-bond acceptors (Lipinski definition) is 5. The van der Waals surface area contributed by atoms with Crippen LogP contribution in [0.1, 0.15) is 20.7 Å². The molecule has 7 nitrogen and oxygen atoms in total. The fraction of sp³-hybridized carbons (Fsp3) is 0.0870. The Labute approximate surface area is 183 Å². The maximum atomic E-state index is 12.5. The molecule has 0 saturated carbocycles. The van der Waals surface area contributed by atoms with Gasteiger partial charge >= 0.3 is 5.97 Å². The number of ether oxygens (including phenoxy) is 1. The number of carbonyl (C=O) groups excluding carboxylic acids is 2. The predicted octanol–water partition coefficient (Wildman–Crippen LogP) is 4.38. The van der Waals surface area contributed by atoms with Gasteiger partial charge in [-0.15, -0.1) is 11.8 Å². The summed E-state index contributed by atoms with van der Waals surface area (Å²) in [5, 5.41) is 14.8. The molecule has 0 aliphatic rings. The van der Waals surface area contributed by atoms with E-state index in [1.165, 1.54) is 23.9 Å². The van der Waals surface area contributed by atoms with Crippen molar-refractivity contribution < 1.29 is 24.2 Å². The Morgan fingerprint density at radius 3 is 2.26 bits per heavy atom. The van der Waals surface area contributed by atoms with Crippen molar-refractivity contribution in [2.45, 2.75) is 4.90 Å². The minimum Gasteiger partial charge on any atom is -0.497 e. The molecule has 2 amide bonds. The second-order valence-electron chi connectivity index (χ2n) is 6.40. The molecule has 3 rings (SSSR count). The van der Waals surface area contributed by atoms with Crippen molar-refractivity contribution in [1.82, 2.24) is 0 Å². The van der Waals surface area contributed by atoms with E-state index in [4.69, 9.17) is 4.74 Å². The van der Waals surface area contributed by atoms with E-state index in [-0.39, 0.29) is 22.8 Å². The lowest BCUT2D eigenvalue weighted by Crippen LogP contribution is -2.16. The average molecular weight is 436 g/mol. The molecular weight excluding hydrogens is 416 g/mol. The molecule has 0 aliphatic heterocycles. The fourth-order valence-electron chi connectivity index (χ4n) is 2.78. The largest absolute Gasteiger partial charge is 0.497 e. The van der Waals surface area contributed by atoms with Crippen molar-refractivity contribution in [1.29, 1.82) is 0 Å². The number of hydrogen-bond donors (Lipinski definition) is 3. The monoisotopic (exact) mass is 436 g/mol. The van der Waals surface area contributed by atoms with E-state index in [1.54, 1.807) is 61.7 Å². The summed E-state index contributed by atoms with van der Waals surface area (Å²) in [5.41, 5.74) is 1.15. The Morgan fingerprint density at radius 2 is 1.55 bits per heavy atom. The van der Waals surface area contributed by atoms with Gasteiger partial charge in [-0.2, -0.15) is 0 Å². The highest BCUT2D eigenvalue weighted by Crippen LogP contribution is 2.23. The van der Waals surface area contributed by atoms with Crippen molar-refractivity contribution in [3.8, 4) is 5.75 Å². The van der Waals surface area contributed by atoms with Gasteiger partial charge in [-0.05, 0) is 42.5 Å². The van der Waals surface area contributed by atoms with Crippen LogP contribution in [-0.4, -0.2) is 35.8 Å². The third-order valence-electron chi connectivity index (χ3n) is 4.22. The van der Waals surface area contributed by atoms with E-state index < -0.39 is 11.9 Å². The van der Waals surface area contributed by atoms with Gasteiger partial charge in [0.1, 0.15) is 5.75 Å². The molecule has 31 heavy (non-hydrogen) atoms. The van der Waals surface area contributed by atoms with Crippen molar-refractivity contribution in [3.63, 3.8) is 0 Å². The summed E-state index contributed by atoms with van der Waals surface area (Å²) in [5.74, 6) is -1.04. The molecule has 0 atom stereocenters. The Morgan fingerprint density at radius 1 is 0.871 bits per heavy atom. The van der Waals surface area contributed by atoms with Gasteiger partial charge < -0.3 is 20.5 Å². The number of anilines is 2. The van der Waals surface area contributed by atoms with Crippen LogP contribution in [0.25, 0.3) is 0 Å². The summed E-state index contributed by atoms with van der Waals surface area (Å²) in [7, 11) is 1.56. The number of amides is 2. The van der Waals surface area contributed by atoms with Crippen LogP contribution in [0.2, 0.25) is 0 Å². The summed E-state index contributed by atoms with van der Waals surface area (Å²) in [6, 6.07) is 20.1. The van der Waals surface area contributed by atoms with Crippen molar-refractivity contribution in [2.24, 2.45) is 0 Å². The Balaban J connectivity index is 1.61. The van der Waals surface area contributed by atoms with E-state index in [2.05, 4.69) is 10.6 Å². The molecule has 0 radical (unpaired) electrons. The van der Waals surface area contributed by atoms with Gasteiger partial charge in [0.2, 0.25) is 5.91 Å². The van der Waals surface area contributed by atoms with Crippen LogP contribution in [0.15, 0.2) is 77.7 Å². The first-order valence-electron chi connectivity index (χ1n) is 9.26. The number of carboxylic acid groups (broad SMARTS) is 1. The van der Waals surface area contributed by atoms with Crippen LogP contribution in [-0.2, 0) is 4.79 Å². The normalized spacial score (nSPS) is 10.2. The summed E-state index contributed by atoms with van der Waals surface area (Å²) in [4.78, 5) is 36.9. The van der Waals surface area contributed by atoms with Crippen LogP contribution >= 0.6 is 11.8 Å². The highest BCUT2D eigenvalue weighted by atomic mass is 32.2. The molecule has 3 aromatic carbocycles. The number of benzene rings is 3. The summed E-state index contributed by atoms with van der Waals surface area (Å²) < 4.78 is 5.14. The molecule has 158 valence electrons. The number of carbonyl (C=O) groups is 3. The second kappa shape index (κ2) is 10.3. The Kier molecular flexibility index (Phi) is 7.29. The fourth-order valence-corrected chi connectivity index (χ4v) is 3.53. The standard InChI is InChI=1S/C23H20N2O5S/c1-30-17-8-4-6-15(12-17)24-21(26)14-31-18-9-5-7-16(13-18)25-22(27)19-10-2-3-11-20(19)23(28)29/h2-13H,14H2,1H3,(H,24,26)(H,25,27)(H,28,29). The van der Waals surface area contributed by atoms with Crippen LogP contribution in [0.3, 0.4) is 0 Å². The lowest BCUT2D eigenvalue weighted by molar-refractivity contribution is -0.113. The van der Waals surface area contributed by atoms with Gasteiger partial charge in [0.25, 0.3) is 5.91 Å². The molecule has 8 heteroatoms. The number of methoxy groups -OCH3 is 1. The summed E-state index contributed by atoms with van der Waals surface area (Å²) in [6.07, 6.45) is 0. The van der Waals surface area contributed by atoms with Gasteiger partial charge in [0, 0.05) is 22.3 Å². The van der Waals surface area contributed by atoms with Crippen LogP contribution in [0.4, 0.5) is 11.4 Å². The SMILES string of the molecule is COc1cccc(NC(=O)CSc2cccc(NC(=O)c3ccccc3C(=O)O)c2)c1. The lowest BCUT2D eigenvalue weighted by atomic mass is 10.1. The smallest absolute Gasteiger partial charge is 0.336 e. The number of carboxylic acids is 1. The van der Waals surface area contributed by atoms with E-state index >= 15 is 0 Å². The molecule has 0 aliphatic carbocycles. The van der Waals surface area contributed by atoms with Gasteiger partial charge in [0.15, 0.2) is 0 Å². The van der Waals surface area contributed by atoms with Gasteiger partial charge in [-0.1, -0.05) is 24.3 Å². The van der Waals surface area contributed by atoms with Crippen LogP contribution in [0, 0.1) is 0 Å². The van der Waals surface area contributed by atoms with Crippen LogP contribution < -0.4 is 15.4 Å². The highest BCUT2D eigenvalue weighted by molar-refractivity contribution is 8.00. The van der Waals surface area contributed by atoms with Crippen molar-refractivity contribution >= 4 is 40.9 Å². The average Bonchev–Trinajstić information content (AvgIpc) is 2.78. The first kappa shape index (κ1) is 21.9. The molecular formula is C23H20N2O5S. The van der Waals surface area contributed by atoms with E-state index in [0.29, 0.717) is 17.1 Å². The van der Waals surface area contributed by atoms with Gasteiger partial charge in [-0.25, -0.2) is 4.79 Å². The first-order valence-corrected chi connectivity index (χ1v) is 10.3. The number of nitrogens with one attached hydrogen (secondary N) is 2. The number of thioether (sulfide) groups is 1. The number of rotatable bonds is 8. The summed E-state index contributed by atoms with van der Waals surface area (Å²) >= 11 is 1.31. The molecule has 3 N–H and O–H groups in total. The zero-order valence-electron chi connectivity index (χ0n) is 16.6. The lowest BCUT2D eigenvalue weighted by Gasteiger charge is -2.10. The van der Waals surface area contributed by atoms with Crippen molar-refractivity contribution in [2.75, 3.05) is 23.5 Å². The number of aromatic carboxylic acids is 1. The van der Waals surface area contributed by atoms with Crippen molar-refractivity contribution in [3.05, 3.63) is 83.9 Å². The maximum absolute atomic E-state index is 12.5. The first-order chi connectivity index (χ1) is 15.0. The Hall–Kier alpha value is -3.78. The van der Waals surface area contributed by atoms with E-state index in [1.807, 2.05) is 6.07 Å². The molecule has 0 spiro atoms. The second-order valence-corrected chi connectivity index (χ2v) is 7.45. The quantitative estimate of drug-likeness (QED) is 0.453. The van der Waals surface area contributed by atoms with Gasteiger partial charge in [-0.3, -0.25) is 9.59 Å². The predicted molar refractivity (Wildman–Crippen MR) is 120 cm³/mol. The van der Waals surface area contributed by atoms with Gasteiger partial charge in [0.05, 0.1) is 24.0 Å². The summed E-state index contributed by atoms with van der Waals surface area (Å²) in [6.45, 7) is 0. The van der Waals surface area contributed by atoms with E-state index in [9.17, 15) is 19.5 Å². The third-order valence-corrected chi connectivity index (χ3v) is 5.21. The molecule has 0 saturated heterocycles. The molecule has 0 bridgehead atoms. The minimum absolute atomic E-state index is 0.0697. The molecule has 0 aromatic heterocycles. The van der Waals surface area contributed by atoms with E-state index in [0.717, 1.165) is 4.90 Å².